The van der Waals surface area contributed by atoms with Crippen molar-refractivity contribution in [3.63, 3.8) is 0 Å². The monoisotopic (exact) mass is 356 g/mol. The van der Waals surface area contributed by atoms with Gasteiger partial charge in [0.25, 0.3) is 5.91 Å². The van der Waals surface area contributed by atoms with Crippen molar-refractivity contribution in [2.45, 2.75) is 38.5 Å². The summed E-state index contributed by atoms with van der Waals surface area (Å²) in [4.78, 5) is 27.0. The molecule has 1 aliphatic heterocycles. The van der Waals surface area contributed by atoms with Gasteiger partial charge < -0.3 is 10.2 Å². The van der Waals surface area contributed by atoms with Crippen LogP contribution in [0.15, 0.2) is 36.5 Å². The third kappa shape index (κ3) is 3.21. The molecule has 2 amide bonds. The molecule has 7 heteroatoms. The van der Waals surface area contributed by atoms with Crippen molar-refractivity contribution in [1.29, 1.82) is 0 Å². The quantitative estimate of drug-likeness (QED) is 0.919. The number of hydrogen-bond donors (Lipinski definition) is 1. The molecule has 2 heterocycles. The molecule has 6 nitrogen and oxygen atoms in total. The van der Waals surface area contributed by atoms with Gasteiger partial charge in [0.1, 0.15) is 6.17 Å². The van der Waals surface area contributed by atoms with Gasteiger partial charge in [0.05, 0.1) is 24.0 Å². The van der Waals surface area contributed by atoms with Crippen LogP contribution in [0.1, 0.15) is 35.3 Å². The number of aromatic nitrogens is 2. The number of nitrogens with one attached hydrogen (secondary N) is 1. The van der Waals surface area contributed by atoms with Gasteiger partial charge in [0.15, 0.2) is 0 Å². The number of hydrogen-bond acceptors (Lipinski definition) is 3. The first-order chi connectivity index (χ1) is 12.6. The lowest BCUT2D eigenvalue weighted by atomic mass is 9.82. The number of anilines is 1. The van der Waals surface area contributed by atoms with Gasteiger partial charge in [-0.15, -0.1) is 0 Å². The molecule has 1 saturated carbocycles. The van der Waals surface area contributed by atoms with Gasteiger partial charge in [0.2, 0.25) is 5.91 Å². The molecule has 0 atom stereocenters. The van der Waals surface area contributed by atoms with Crippen LogP contribution >= 0.6 is 0 Å². The van der Waals surface area contributed by atoms with Crippen LogP contribution in [0.2, 0.25) is 0 Å². The maximum atomic E-state index is 13.1. The van der Waals surface area contributed by atoms with Crippen molar-refractivity contribution < 1.29 is 14.0 Å². The fourth-order valence-corrected chi connectivity index (χ4v) is 3.55. The number of halogens is 1. The van der Waals surface area contributed by atoms with Crippen molar-refractivity contribution in [2.24, 2.45) is 5.92 Å². The maximum absolute atomic E-state index is 13.1. The number of carbonyl (C=O) groups is 2. The van der Waals surface area contributed by atoms with E-state index in [0.717, 1.165) is 12.1 Å². The molecule has 26 heavy (non-hydrogen) atoms. The van der Waals surface area contributed by atoms with E-state index in [1.165, 1.54) is 0 Å². The predicted molar refractivity (Wildman–Crippen MR) is 94.3 cm³/mol. The summed E-state index contributed by atoms with van der Waals surface area (Å²) in [7, 11) is 0. The largest absolute Gasteiger partial charge is 0.336 e. The highest BCUT2D eigenvalue weighted by Gasteiger charge is 2.38. The van der Waals surface area contributed by atoms with E-state index in [4.69, 9.17) is 0 Å². The normalized spacial score (nSPS) is 22.1. The fraction of sp³-hybridized carbons (Fsp3) is 0.421. The lowest BCUT2D eigenvalue weighted by molar-refractivity contribution is -0.141. The summed E-state index contributed by atoms with van der Waals surface area (Å²) >= 11 is 0. The molecule has 0 bridgehead atoms. The summed E-state index contributed by atoms with van der Waals surface area (Å²) in [6.45, 7) is 1.60. The van der Waals surface area contributed by atoms with Gasteiger partial charge in [0, 0.05) is 24.7 Å². The SMILES string of the molecule is O=C(Nc1ccccc1)c1cnn2c1CN(C(=O)C1CC(F)C1)CCC2. The number of nitrogens with zero attached hydrogens (tertiary/aromatic N) is 3. The fourth-order valence-electron chi connectivity index (χ4n) is 3.55. The number of rotatable bonds is 3. The number of aryl methyl sites for hydroxylation is 1. The van der Waals surface area contributed by atoms with E-state index >= 15 is 0 Å². The Morgan fingerprint density at radius 2 is 1.92 bits per heavy atom. The van der Waals surface area contributed by atoms with Crippen LogP contribution in [0.4, 0.5) is 10.1 Å². The minimum Gasteiger partial charge on any atom is -0.336 e. The standard InChI is InChI=1S/C19H21FN4O2/c20-14-9-13(10-14)19(26)23-7-4-8-24-17(12-23)16(11-21-24)18(25)22-15-5-2-1-3-6-15/h1-3,5-6,11,13-14H,4,7-10,12H2,(H,22,25). The molecule has 2 aliphatic rings. The predicted octanol–water partition coefficient (Wildman–Crippen LogP) is 2.62. The summed E-state index contributed by atoms with van der Waals surface area (Å²) in [5.74, 6) is -0.469. The molecule has 1 aromatic heterocycles. The van der Waals surface area contributed by atoms with E-state index in [1.54, 1.807) is 15.8 Å². The summed E-state index contributed by atoms with van der Waals surface area (Å²) < 4.78 is 14.9. The van der Waals surface area contributed by atoms with Crippen molar-refractivity contribution >= 4 is 17.5 Å². The molecular weight excluding hydrogens is 335 g/mol. The van der Waals surface area contributed by atoms with E-state index in [-0.39, 0.29) is 17.7 Å². The molecule has 0 spiro atoms. The molecule has 1 aromatic carbocycles. The van der Waals surface area contributed by atoms with Crippen molar-refractivity contribution in [3.8, 4) is 0 Å². The molecule has 0 saturated heterocycles. The highest BCUT2D eigenvalue weighted by atomic mass is 19.1. The van der Waals surface area contributed by atoms with Crippen LogP contribution in [-0.4, -0.2) is 39.2 Å². The molecule has 136 valence electrons. The molecule has 1 fully saturated rings. The molecule has 4 rings (SSSR count). The smallest absolute Gasteiger partial charge is 0.259 e. The minimum absolute atomic E-state index is 0.0111. The summed E-state index contributed by atoms with van der Waals surface area (Å²) in [6.07, 6.45) is 2.11. The third-order valence-corrected chi connectivity index (χ3v) is 5.11. The van der Waals surface area contributed by atoms with Gasteiger partial charge in [-0.1, -0.05) is 18.2 Å². The molecule has 1 aliphatic carbocycles. The zero-order valence-corrected chi connectivity index (χ0v) is 14.4. The highest BCUT2D eigenvalue weighted by molar-refractivity contribution is 6.05. The van der Waals surface area contributed by atoms with Crippen molar-refractivity contribution in [3.05, 3.63) is 47.8 Å². The number of amides is 2. The molecule has 1 N–H and O–H groups in total. The van der Waals surface area contributed by atoms with E-state index in [0.29, 0.717) is 43.7 Å². The Labute approximate surface area is 151 Å². The number of fused-ring (bicyclic) bond motifs is 1. The Morgan fingerprint density at radius 3 is 2.65 bits per heavy atom. The van der Waals surface area contributed by atoms with E-state index in [1.807, 2.05) is 30.3 Å². The van der Waals surface area contributed by atoms with Gasteiger partial charge in [-0.3, -0.25) is 14.3 Å². The van der Waals surface area contributed by atoms with Crippen LogP contribution in [-0.2, 0) is 17.9 Å². The lowest BCUT2D eigenvalue weighted by Gasteiger charge is -2.33. The zero-order valence-electron chi connectivity index (χ0n) is 14.4. The summed E-state index contributed by atoms with van der Waals surface area (Å²) in [5, 5.41) is 7.19. The molecular formula is C19H21FN4O2. The van der Waals surface area contributed by atoms with Crippen LogP contribution in [0, 0.1) is 5.92 Å². The molecule has 2 aromatic rings. The van der Waals surface area contributed by atoms with Crippen LogP contribution < -0.4 is 5.32 Å². The highest BCUT2D eigenvalue weighted by Crippen LogP contribution is 2.32. The zero-order chi connectivity index (χ0) is 18.1. The molecule has 0 unspecified atom stereocenters. The first kappa shape index (κ1) is 16.8. The lowest BCUT2D eigenvalue weighted by Crippen LogP contribution is -2.42. The van der Waals surface area contributed by atoms with Crippen LogP contribution in [0.25, 0.3) is 0 Å². The number of carbonyl (C=O) groups excluding carboxylic acids is 2. The maximum Gasteiger partial charge on any atom is 0.259 e. The van der Waals surface area contributed by atoms with E-state index in [2.05, 4.69) is 10.4 Å². The van der Waals surface area contributed by atoms with E-state index in [9.17, 15) is 14.0 Å². The second kappa shape index (κ2) is 6.90. The third-order valence-electron chi connectivity index (χ3n) is 5.11. The van der Waals surface area contributed by atoms with Gasteiger partial charge >= 0.3 is 0 Å². The number of alkyl halides is 1. The molecule has 0 radical (unpaired) electrons. The second-order valence-corrected chi connectivity index (χ2v) is 6.93. The summed E-state index contributed by atoms with van der Waals surface area (Å²) in [6, 6.07) is 9.23. The topological polar surface area (TPSA) is 67.2 Å². The average molecular weight is 356 g/mol. The van der Waals surface area contributed by atoms with Crippen molar-refractivity contribution in [2.75, 3.05) is 11.9 Å². The van der Waals surface area contributed by atoms with E-state index < -0.39 is 6.17 Å². The summed E-state index contributed by atoms with van der Waals surface area (Å²) in [5.41, 5.74) is 1.92. The number of benzene rings is 1. The van der Waals surface area contributed by atoms with Crippen LogP contribution in [0.3, 0.4) is 0 Å². The Bertz CT molecular complexity index is 814. The average Bonchev–Trinajstić information content (AvgIpc) is 2.89. The Kier molecular flexibility index (Phi) is 4.44. The van der Waals surface area contributed by atoms with Crippen molar-refractivity contribution in [1.82, 2.24) is 14.7 Å². The van der Waals surface area contributed by atoms with Crippen LogP contribution in [0.5, 0.6) is 0 Å². The Morgan fingerprint density at radius 1 is 1.15 bits per heavy atom. The first-order valence-corrected chi connectivity index (χ1v) is 8.96. The minimum atomic E-state index is -0.853. The number of para-hydroxylation sites is 1. The second-order valence-electron chi connectivity index (χ2n) is 6.93. The first-order valence-electron chi connectivity index (χ1n) is 8.96. The van der Waals surface area contributed by atoms with Gasteiger partial charge in [-0.05, 0) is 31.4 Å². The van der Waals surface area contributed by atoms with Gasteiger partial charge in [-0.2, -0.15) is 5.10 Å². The Balaban J connectivity index is 1.52. The Hall–Kier alpha value is -2.70. The van der Waals surface area contributed by atoms with Gasteiger partial charge in [-0.25, -0.2) is 4.39 Å².